The summed E-state index contributed by atoms with van der Waals surface area (Å²) in [5.74, 6) is 0. The number of hydrogen-bond donors (Lipinski definition) is 0. The summed E-state index contributed by atoms with van der Waals surface area (Å²) in [6.45, 7) is 15.1. The summed E-state index contributed by atoms with van der Waals surface area (Å²) in [5, 5.41) is 0. The summed E-state index contributed by atoms with van der Waals surface area (Å²) in [5.41, 5.74) is 1.72. The molecule has 2 heteroatoms. The maximum atomic E-state index is 5.66. The van der Waals surface area contributed by atoms with Crippen molar-refractivity contribution < 1.29 is 24.6 Å². The summed E-state index contributed by atoms with van der Waals surface area (Å²) in [6.07, 6.45) is 3.39. The van der Waals surface area contributed by atoms with E-state index in [0.29, 0.717) is 3.80 Å². The Labute approximate surface area is 107 Å². The predicted octanol–water partition coefficient (Wildman–Crippen LogP) is 4.13. The van der Waals surface area contributed by atoms with Gasteiger partial charge in [0.15, 0.2) is 0 Å². The van der Waals surface area contributed by atoms with Crippen LogP contribution >= 0.6 is 0 Å². The molecule has 0 N–H and O–H groups in total. The molecule has 89 valence electrons. The quantitative estimate of drug-likeness (QED) is 0.514. The molecule has 0 aromatic carbocycles. The van der Waals surface area contributed by atoms with E-state index < -0.39 is 0 Å². The van der Waals surface area contributed by atoms with Gasteiger partial charge in [0.05, 0.1) is 0 Å². The molecule has 0 aliphatic rings. The molecule has 0 aromatic rings. The van der Waals surface area contributed by atoms with E-state index in [0.717, 1.165) is 19.6 Å². The Balaban J connectivity index is 3.74. The Morgan fingerprint density at radius 3 is 2.13 bits per heavy atom. The summed E-state index contributed by atoms with van der Waals surface area (Å²) in [6, 6.07) is 0. The number of hydrogen-bond acceptors (Lipinski definition) is 1. The van der Waals surface area contributed by atoms with Crippen molar-refractivity contribution in [3.05, 3.63) is 11.6 Å². The van der Waals surface area contributed by atoms with Crippen LogP contribution in [0.1, 0.15) is 48.0 Å². The van der Waals surface area contributed by atoms with Gasteiger partial charge in [0.25, 0.3) is 0 Å². The molecule has 1 nitrogen and oxygen atoms in total. The maximum absolute atomic E-state index is 5.66. The normalized spacial score (nSPS) is 14.4. The summed E-state index contributed by atoms with van der Waals surface area (Å²) in [7, 11) is 0. The third-order valence-electron chi connectivity index (χ3n) is 1.77. The van der Waals surface area contributed by atoms with Crippen LogP contribution in [0, 0.1) is 5.41 Å². The van der Waals surface area contributed by atoms with Gasteiger partial charge in [-0.25, -0.2) is 0 Å². The molecule has 0 radical (unpaired) electrons. The van der Waals surface area contributed by atoms with Crippen LogP contribution < -0.4 is 0 Å². The van der Waals surface area contributed by atoms with E-state index in [-0.39, 0.29) is 5.41 Å². The average molecular weight is 381 g/mol. The Morgan fingerprint density at radius 1 is 1.20 bits per heavy atom. The first-order chi connectivity index (χ1) is 6.60. The van der Waals surface area contributed by atoms with Crippen molar-refractivity contribution in [1.82, 2.24) is 0 Å². The Bertz CT molecular complexity index is 206. The van der Waals surface area contributed by atoms with Crippen LogP contribution in [0.4, 0.5) is 0 Å². The molecule has 0 aliphatic carbocycles. The van der Waals surface area contributed by atoms with Gasteiger partial charge in [0.2, 0.25) is 0 Å². The average Bonchev–Trinajstić information content (AvgIpc) is 1.92. The van der Waals surface area contributed by atoms with Crippen LogP contribution in [0.3, 0.4) is 0 Å². The second kappa shape index (κ2) is 6.20. The molecule has 15 heavy (non-hydrogen) atoms. The fourth-order valence-corrected chi connectivity index (χ4v) is 1.66. The fourth-order valence-electron chi connectivity index (χ4n) is 1.36. The molecule has 0 aliphatic heterocycles. The molecular formula is C13H25OW. The van der Waals surface area contributed by atoms with E-state index >= 15 is 0 Å². The van der Waals surface area contributed by atoms with E-state index in [1.807, 2.05) is 0 Å². The van der Waals surface area contributed by atoms with Crippen molar-refractivity contribution in [3.8, 4) is 0 Å². The zero-order valence-corrected chi connectivity index (χ0v) is 13.9. The molecular weight excluding hydrogens is 356 g/mol. The summed E-state index contributed by atoms with van der Waals surface area (Å²) in [4.78, 5) is 0. The van der Waals surface area contributed by atoms with Gasteiger partial charge in [0, 0.05) is 0 Å². The molecule has 0 saturated heterocycles. The zero-order chi connectivity index (χ0) is 12.1. The van der Waals surface area contributed by atoms with Gasteiger partial charge in [-0.2, -0.15) is 0 Å². The first-order valence-corrected chi connectivity index (χ1v) is 7.03. The van der Waals surface area contributed by atoms with E-state index in [2.05, 4.69) is 47.6 Å². The predicted molar refractivity (Wildman–Crippen MR) is 62.7 cm³/mol. The number of rotatable bonds is 5. The van der Waals surface area contributed by atoms with Gasteiger partial charge >= 0.3 is 107 Å². The third-order valence-corrected chi connectivity index (χ3v) is 2.19. The van der Waals surface area contributed by atoms with Gasteiger partial charge in [-0.05, 0) is 0 Å². The first kappa shape index (κ1) is 15.4. The van der Waals surface area contributed by atoms with Gasteiger partial charge in [-0.1, -0.05) is 0 Å². The molecule has 0 rings (SSSR count). The molecule has 0 fully saturated rings. The number of allylic oxidation sites excluding steroid dienone is 1. The van der Waals surface area contributed by atoms with Crippen LogP contribution in [-0.4, -0.2) is 13.2 Å². The zero-order valence-electron chi connectivity index (χ0n) is 11.0. The van der Waals surface area contributed by atoms with Crippen LogP contribution in [0.5, 0.6) is 0 Å². The molecule has 0 heterocycles. The first-order valence-electron chi connectivity index (χ1n) is 5.57. The Morgan fingerprint density at radius 2 is 1.73 bits per heavy atom. The van der Waals surface area contributed by atoms with Gasteiger partial charge in [-0.15, -0.1) is 0 Å². The Kier molecular flexibility index (Phi) is 6.37. The van der Waals surface area contributed by atoms with Crippen LogP contribution in [0.2, 0.25) is 3.80 Å². The van der Waals surface area contributed by atoms with Crippen molar-refractivity contribution in [1.29, 1.82) is 0 Å². The van der Waals surface area contributed by atoms with E-state index in [4.69, 9.17) is 4.74 Å². The molecule has 0 atom stereocenters. The second-order valence-electron chi connectivity index (χ2n) is 5.92. The van der Waals surface area contributed by atoms with Crippen LogP contribution in [-0.2, 0) is 24.6 Å². The van der Waals surface area contributed by atoms with Crippen molar-refractivity contribution in [3.63, 3.8) is 0 Å². The molecule has 0 saturated carbocycles. The van der Waals surface area contributed by atoms with Crippen LogP contribution in [0.25, 0.3) is 0 Å². The van der Waals surface area contributed by atoms with Crippen molar-refractivity contribution in [2.45, 2.75) is 51.8 Å². The van der Waals surface area contributed by atoms with E-state index in [9.17, 15) is 0 Å². The minimum absolute atomic E-state index is 0.290. The molecule has 0 unspecified atom stereocenters. The summed E-state index contributed by atoms with van der Waals surface area (Å²) >= 11 is 1.60. The van der Waals surface area contributed by atoms with Crippen LogP contribution in [0.15, 0.2) is 11.6 Å². The van der Waals surface area contributed by atoms with E-state index in [1.54, 1.807) is 19.8 Å². The van der Waals surface area contributed by atoms with Crippen molar-refractivity contribution >= 4 is 0 Å². The van der Waals surface area contributed by atoms with Gasteiger partial charge < -0.3 is 0 Å². The molecule has 0 spiro atoms. The molecule has 0 aromatic heterocycles. The topological polar surface area (TPSA) is 9.23 Å². The monoisotopic (exact) mass is 381 g/mol. The summed E-state index contributed by atoms with van der Waals surface area (Å²) < 4.78 is 6.03. The number of ether oxygens (including phenoxy) is 1. The molecule has 0 amide bonds. The minimum atomic E-state index is 0.290. The van der Waals surface area contributed by atoms with Gasteiger partial charge in [0.1, 0.15) is 0 Å². The van der Waals surface area contributed by atoms with E-state index in [1.165, 1.54) is 5.57 Å². The van der Waals surface area contributed by atoms with Crippen molar-refractivity contribution in [2.24, 2.45) is 5.41 Å². The van der Waals surface area contributed by atoms with Crippen molar-refractivity contribution in [2.75, 3.05) is 13.2 Å². The fraction of sp³-hybridized carbons (Fsp3) is 0.846. The van der Waals surface area contributed by atoms with Gasteiger partial charge in [-0.3, -0.25) is 0 Å². The second-order valence-corrected chi connectivity index (χ2v) is 9.89. The Hall–Kier alpha value is 0.388. The molecule has 0 bridgehead atoms. The SMILES string of the molecule is C/C(=C/C(C)(C)C)CCOC[C](C)(C)[W]. The standard InChI is InChI=1S/C13H25O.W/c1-11(2)10-14-8-7-12(3)9-13(4,5)6;/h9H,7-8,10H2,1-6H3;/b12-9-;. The third kappa shape index (κ3) is 12.3.